The Morgan fingerprint density at radius 2 is 2.05 bits per heavy atom. The van der Waals surface area contributed by atoms with E-state index in [0.717, 1.165) is 41.1 Å². The van der Waals surface area contributed by atoms with Crippen LogP contribution in [0, 0.1) is 6.92 Å². The highest BCUT2D eigenvalue weighted by Gasteiger charge is 2.08. The van der Waals surface area contributed by atoms with Gasteiger partial charge in [-0.05, 0) is 26.1 Å². The second kappa shape index (κ2) is 6.15. The molecule has 5 heteroatoms. The first-order valence-corrected chi connectivity index (χ1v) is 7.27. The van der Waals surface area contributed by atoms with Crippen molar-refractivity contribution in [1.82, 2.24) is 20.1 Å². The van der Waals surface area contributed by atoms with Crippen LogP contribution in [0.1, 0.15) is 17.0 Å². The smallest absolute Gasteiger partial charge is 0.145 e. The van der Waals surface area contributed by atoms with Crippen LogP contribution in [0.25, 0.3) is 10.9 Å². The topological polar surface area (TPSA) is 54.0 Å². The average Bonchev–Trinajstić information content (AvgIpc) is 2.91. The van der Waals surface area contributed by atoms with Gasteiger partial charge in [0, 0.05) is 29.7 Å². The summed E-state index contributed by atoms with van der Waals surface area (Å²) in [5.74, 6) is 0.813. The van der Waals surface area contributed by atoms with E-state index in [1.165, 1.54) is 5.56 Å². The lowest BCUT2D eigenvalue weighted by atomic mass is 10.2. The zero-order valence-corrected chi connectivity index (χ0v) is 13.1. The summed E-state index contributed by atoms with van der Waals surface area (Å²) >= 11 is 0. The molecule has 0 saturated carbocycles. The minimum Gasteiger partial charge on any atom is -0.494 e. The van der Waals surface area contributed by atoms with Crippen molar-refractivity contribution >= 4 is 10.9 Å². The highest BCUT2D eigenvalue weighted by molar-refractivity contribution is 5.84. The van der Waals surface area contributed by atoms with Crippen LogP contribution in [0.5, 0.6) is 5.75 Å². The van der Waals surface area contributed by atoms with Crippen molar-refractivity contribution in [3.63, 3.8) is 0 Å². The summed E-state index contributed by atoms with van der Waals surface area (Å²) in [4.78, 5) is 6.97. The van der Waals surface area contributed by atoms with Gasteiger partial charge in [0.15, 0.2) is 0 Å². The van der Waals surface area contributed by atoms with E-state index in [9.17, 15) is 0 Å². The minimum absolute atomic E-state index is 0.776. The van der Waals surface area contributed by atoms with Crippen molar-refractivity contribution in [2.24, 2.45) is 0 Å². The standard InChI is InChI=1S/C17H20N4O/c1-12-14(9-18-20-12)10-21(2)11-15-8-7-13-5-4-6-16(22-3)17(13)19-15/h4-9H,10-11H2,1-3H3,(H,18,20). The normalized spacial score (nSPS) is 11.3. The van der Waals surface area contributed by atoms with Crippen LogP contribution < -0.4 is 4.74 Å². The number of methoxy groups -OCH3 is 1. The Morgan fingerprint density at radius 1 is 1.18 bits per heavy atom. The molecule has 0 bridgehead atoms. The molecule has 2 heterocycles. The summed E-state index contributed by atoms with van der Waals surface area (Å²) in [5.41, 5.74) is 4.26. The largest absolute Gasteiger partial charge is 0.494 e. The number of benzene rings is 1. The Labute approximate surface area is 129 Å². The summed E-state index contributed by atoms with van der Waals surface area (Å²) in [6, 6.07) is 10.1. The van der Waals surface area contributed by atoms with Gasteiger partial charge in [-0.3, -0.25) is 10.00 Å². The average molecular weight is 296 g/mol. The first-order chi connectivity index (χ1) is 10.7. The van der Waals surface area contributed by atoms with Crippen LogP contribution in [0.15, 0.2) is 36.5 Å². The summed E-state index contributed by atoms with van der Waals surface area (Å²) in [5, 5.41) is 8.12. The number of nitrogens with zero attached hydrogens (tertiary/aromatic N) is 3. The number of pyridine rings is 1. The Balaban J connectivity index is 1.80. The van der Waals surface area contributed by atoms with Gasteiger partial charge in [-0.15, -0.1) is 0 Å². The molecule has 2 aromatic heterocycles. The first kappa shape index (κ1) is 14.5. The number of hydrogen-bond donors (Lipinski definition) is 1. The van der Waals surface area contributed by atoms with E-state index in [4.69, 9.17) is 9.72 Å². The quantitative estimate of drug-likeness (QED) is 0.786. The van der Waals surface area contributed by atoms with E-state index < -0.39 is 0 Å². The Bertz CT molecular complexity index is 781. The second-order valence-corrected chi connectivity index (χ2v) is 5.53. The maximum atomic E-state index is 5.40. The highest BCUT2D eigenvalue weighted by Crippen LogP contribution is 2.23. The summed E-state index contributed by atoms with van der Waals surface area (Å²) in [6.07, 6.45) is 1.88. The molecule has 1 aromatic carbocycles. The minimum atomic E-state index is 0.776. The van der Waals surface area contributed by atoms with Gasteiger partial charge in [0.2, 0.25) is 0 Å². The number of fused-ring (bicyclic) bond motifs is 1. The fraction of sp³-hybridized carbons (Fsp3) is 0.294. The Kier molecular flexibility index (Phi) is 4.06. The zero-order valence-electron chi connectivity index (χ0n) is 13.1. The number of aromatic amines is 1. The number of aromatic nitrogens is 3. The summed E-state index contributed by atoms with van der Waals surface area (Å²) < 4.78 is 5.40. The molecule has 0 unspecified atom stereocenters. The molecule has 0 spiro atoms. The van der Waals surface area contributed by atoms with Crippen molar-refractivity contribution in [3.05, 3.63) is 53.5 Å². The van der Waals surface area contributed by atoms with E-state index >= 15 is 0 Å². The molecule has 114 valence electrons. The molecule has 0 fully saturated rings. The first-order valence-electron chi connectivity index (χ1n) is 7.27. The maximum absolute atomic E-state index is 5.40. The van der Waals surface area contributed by atoms with Crippen molar-refractivity contribution < 1.29 is 4.74 Å². The van der Waals surface area contributed by atoms with E-state index in [-0.39, 0.29) is 0 Å². The van der Waals surface area contributed by atoms with E-state index in [2.05, 4.69) is 34.3 Å². The predicted octanol–water partition coefficient (Wildman–Crippen LogP) is 2.91. The van der Waals surface area contributed by atoms with Crippen LogP contribution in [0.4, 0.5) is 0 Å². The molecular formula is C17H20N4O. The number of rotatable bonds is 5. The highest BCUT2D eigenvalue weighted by atomic mass is 16.5. The number of hydrogen-bond acceptors (Lipinski definition) is 4. The number of nitrogens with one attached hydrogen (secondary N) is 1. The SMILES string of the molecule is COc1cccc2ccc(CN(C)Cc3cn[nH]c3C)nc12. The monoisotopic (exact) mass is 296 g/mol. The molecule has 0 radical (unpaired) electrons. The predicted molar refractivity (Wildman–Crippen MR) is 86.8 cm³/mol. The van der Waals surface area contributed by atoms with Gasteiger partial charge < -0.3 is 4.74 Å². The lowest BCUT2D eigenvalue weighted by molar-refractivity contribution is 0.315. The van der Waals surface area contributed by atoms with Crippen molar-refractivity contribution in [1.29, 1.82) is 0 Å². The number of H-pyrrole nitrogens is 1. The third-order valence-electron chi connectivity index (χ3n) is 3.77. The second-order valence-electron chi connectivity index (χ2n) is 5.53. The fourth-order valence-electron chi connectivity index (χ4n) is 2.57. The molecule has 0 amide bonds. The van der Waals surface area contributed by atoms with Gasteiger partial charge in [0.25, 0.3) is 0 Å². The third kappa shape index (κ3) is 2.94. The molecule has 5 nitrogen and oxygen atoms in total. The number of para-hydroxylation sites is 1. The van der Waals surface area contributed by atoms with Crippen LogP contribution in [0.3, 0.4) is 0 Å². The van der Waals surface area contributed by atoms with Gasteiger partial charge in [0.05, 0.1) is 19.0 Å². The molecule has 0 aliphatic rings. The molecule has 3 rings (SSSR count). The van der Waals surface area contributed by atoms with Crippen molar-refractivity contribution in [2.75, 3.05) is 14.2 Å². The van der Waals surface area contributed by atoms with Crippen molar-refractivity contribution in [2.45, 2.75) is 20.0 Å². The lowest BCUT2D eigenvalue weighted by Crippen LogP contribution is -2.18. The number of aryl methyl sites for hydroxylation is 1. The van der Waals surface area contributed by atoms with Crippen molar-refractivity contribution in [3.8, 4) is 5.75 Å². The van der Waals surface area contributed by atoms with Gasteiger partial charge in [-0.1, -0.05) is 18.2 Å². The Morgan fingerprint density at radius 3 is 2.77 bits per heavy atom. The Hall–Kier alpha value is -2.40. The van der Waals surface area contributed by atoms with Gasteiger partial charge in [-0.2, -0.15) is 5.10 Å². The molecule has 3 aromatic rings. The molecule has 0 atom stereocenters. The summed E-state index contributed by atoms with van der Waals surface area (Å²) in [7, 11) is 3.76. The molecule has 0 aliphatic carbocycles. The van der Waals surface area contributed by atoms with Gasteiger partial charge in [-0.25, -0.2) is 4.98 Å². The zero-order chi connectivity index (χ0) is 15.5. The molecule has 0 saturated heterocycles. The van der Waals surface area contributed by atoms with E-state index in [1.807, 2.05) is 31.3 Å². The third-order valence-corrected chi connectivity index (χ3v) is 3.77. The molecule has 0 aliphatic heterocycles. The van der Waals surface area contributed by atoms with Crippen LogP contribution in [-0.4, -0.2) is 34.2 Å². The van der Waals surface area contributed by atoms with E-state index in [1.54, 1.807) is 7.11 Å². The molecule has 1 N–H and O–H groups in total. The van der Waals surface area contributed by atoms with Gasteiger partial charge in [0.1, 0.15) is 11.3 Å². The lowest BCUT2D eigenvalue weighted by Gasteiger charge is -2.16. The summed E-state index contributed by atoms with van der Waals surface area (Å²) in [6.45, 7) is 3.65. The van der Waals surface area contributed by atoms with E-state index in [0.29, 0.717) is 0 Å². The molecule has 22 heavy (non-hydrogen) atoms. The number of ether oxygens (including phenoxy) is 1. The molecular weight excluding hydrogens is 276 g/mol. The van der Waals surface area contributed by atoms with Gasteiger partial charge >= 0.3 is 0 Å². The van der Waals surface area contributed by atoms with Crippen LogP contribution >= 0.6 is 0 Å². The maximum Gasteiger partial charge on any atom is 0.145 e. The fourth-order valence-corrected chi connectivity index (χ4v) is 2.57. The van der Waals surface area contributed by atoms with Crippen LogP contribution in [0.2, 0.25) is 0 Å². The van der Waals surface area contributed by atoms with Crippen LogP contribution in [-0.2, 0) is 13.1 Å².